The first-order valence-corrected chi connectivity index (χ1v) is 15.5. The van der Waals surface area contributed by atoms with E-state index in [-0.39, 0.29) is 0 Å². The summed E-state index contributed by atoms with van der Waals surface area (Å²) in [7, 11) is 0. The molecule has 0 spiro atoms. The van der Waals surface area contributed by atoms with Crippen LogP contribution in [0.15, 0.2) is 133 Å². The SMILES string of the molecule is CC=Cc1c(C)c2ccccc2n1-c1ccc2c(c1)-c1cc(-c3ccc4c5ccccc5c5ccccc5c4c3)ccc1C2. The molecular weight excluding hydrogens is 530 g/mol. The molecule has 8 aromatic rings. The van der Waals surface area contributed by atoms with E-state index in [2.05, 4.69) is 158 Å². The van der Waals surface area contributed by atoms with Crippen LogP contribution in [0.2, 0.25) is 0 Å². The van der Waals surface area contributed by atoms with E-state index in [0.717, 1.165) is 6.42 Å². The second-order valence-corrected chi connectivity index (χ2v) is 12.1. The van der Waals surface area contributed by atoms with Gasteiger partial charge in [-0.1, -0.05) is 103 Å². The van der Waals surface area contributed by atoms with Gasteiger partial charge in [0.25, 0.3) is 0 Å². The van der Waals surface area contributed by atoms with Crippen molar-refractivity contribution in [2.45, 2.75) is 20.3 Å². The smallest absolute Gasteiger partial charge is 0.0537 e. The minimum atomic E-state index is 0.979. The van der Waals surface area contributed by atoms with E-state index in [1.165, 1.54) is 93.5 Å². The van der Waals surface area contributed by atoms with Gasteiger partial charge in [-0.3, -0.25) is 0 Å². The van der Waals surface area contributed by atoms with Crippen LogP contribution in [-0.2, 0) is 6.42 Å². The number of para-hydroxylation sites is 1. The highest BCUT2D eigenvalue weighted by Crippen LogP contribution is 2.42. The maximum absolute atomic E-state index is 2.42. The summed E-state index contributed by atoms with van der Waals surface area (Å²) < 4.78 is 2.42. The highest BCUT2D eigenvalue weighted by atomic mass is 15.0. The standard InChI is InChI=1S/C43H31N/c1-3-10-42-27(2)33-11-8-9-16-43(33)44(42)32-21-19-31-23-30-18-17-28(24-39(30)40(31)26-32)29-20-22-38-36-14-5-4-12-34(36)35-13-6-7-15-37(35)41(38)25-29/h3-22,24-26H,23H2,1-2H3. The highest BCUT2D eigenvalue weighted by molar-refractivity contribution is 6.25. The Morgan fingerprint density at radius 1 is 0.523 bits per heavy atom. The lowest BCUT2D eigenvalue weighted by atomic mass is 9.91. The van der Waals surface area contributed by atoms with Gasteiger partial charge in [-0.15, -0.1) is 0 Å². The molecule has 1 aliphatic rings. The minimum absolute atomic E-state index is 0.979. The average Bonchev–Trinajstić information content (AvgIpc) is 3.58. The van der Waals surface area contributed by atoms with Crippen LogP contribution in [0.3, 0.4) is 0 Å². The second-order valence-electron chi connectivity index (χ2n) is 12.1. The van der Waals surface area contributed by atoms with Crippen molar-refractivity contribution in [1.82, 2.24) is 4.57 Å². The zero-order valence-corrected chi connectivity index (χ0v) is 24.9. The van der Waals surface area contributed by atoms with E-state index < -0.39 is 0 Å². The van der Waals surface area contributed by atoms with Crippen molar-refractivity contribution in [3.8, 4) is 27.9 Å². The normalized spacial score (nSPS) is 12.6. The molecule has 9 rings (SSSR count). The van der Waals surface area contributed by atoms with Crippen LogP contribution in [0, 0.1) is 6.92 Å². The van der Waals surface area contributed by atoms with Crippen molar-refractivity contribution in [1.29, 1.82) is 0 Å². The summed E-state index contributed by atoms with van der Waals surface area (Å²) in [6.45, 7) is 4.33. The lowest BCUT2D eigenvalue weighted by Crippen LogP contribution is -1.98. The fourth-order valence-corrected chi connectivity index (χ4v) is 7.62. The van der Waals surface area contributed by atoms with Crippen molar-refractivity contribution in [3.05, 3.63) is 156 Å². The van der Waals surface area contributed by atoms with Crippen molar-refractivity contribution in [3.63, 3.8) is 0 Å². The van der Waals surface area contributed by atoms with E-state index >= 15 is 0 Å². The summed E-state index contributed by atoms with van der Waals surface area (Å²) >= 11 is 0. The molecule has 0 aliphatic heterocycles. The molecule has 0 N–H and O–H groups in total. The van der Waals surface area contributed by atoms with E-state index in [1.54, 1.807) is 0 Å². The van der Waals surface area contributed by atoms with E-state index in [4.69, 9.17) is 0 Å². The van der Waals surface area contributed by atoms with Crippen LogP contribution in [0.5, 0.6) is 0 Å². The first-order valence-electron chi connectivity index (χ1n) is 15.5. The van der Waals surface area contributed by atoms with Gasteiger partial charge < -0.3 is 4.57 Å². The Morgan fingerprint density at radius 3 is 1.77 bits per heavy atom. The van der Waals surface area contributed by atoms with Gasteiger partial charge >= 0.3 is 0 Å². The fourth-order valence-electron chi connectivity index (χ4n) is 7.62. The van der Waals surface area contributed by atoms with Crippen molar-refractivity contribution in [2.24, 2.45) is 0 Å². The van der Waals surface area contributed by atoms with E-state index in [9.17, 15) is 0 Å². The quantitative estimate of drug-likeness (QED) is 0.189. The summed E-state index contributed by atoms with van der Waals surface area (Å²) in [5.41, 5.74) is 13.0. The largest absolute Gasteiger partial charge is 0.310 e. The number of aromatic nitrogens is 1. The predicted molar refractivity (Wildman–Crippen MR) is 189 cm³/mol. The third-order valence-electron chi connectivity index (χ3n) is 9.71. The molecule has 0 saturated heterocycles. The molecule has 7 aromatic carbocycles. The first kappa shape index (κ1) is 25.1. The summed E-state index contributed by atoms with van der Waals surface area (Å²) in [5.74, 6) is 0. The van der Waals surface area contributed by atoms with Gasteiger partial charge in [0.1, 0.15) is 0 Å². The van der Waals surface area contributed by atoms with Gasteiger partial charge in [-0.2, -0.15) is 0 Å². The fraction of sp³-hybridized carbons (Fsp3) is 0.0698. The number of fused-ring (bicyclic) bond motifs is 10. The Kier molecular flexibility index (Phi) is 5.46. The average molecular weight is 562 g/mol. The zero-order valence-electron chi connectivity index (χ0n) is 24.9. The Labute approximate surface area is 257 Å². The van der Waals surface area contributed by atoms with Gasteiger partial charge in [0.2, 0.25) is 0 Å². The molecule has 1 nitrogen and oxygen atoms in total. The molecule has 0 fully saturated rings. The summed E-state index contributed by atoms with van der Waals surface area (Å²) in [5, 5.41) is 9.18. The molecule has 1 aromatic heterocycles. The van der Waals surface area contributed by atoms with Crippen molar-refractivity contribution in [2.75, 3.05) is 0 Å². The number of hydrogen-bond donors (Lipinski definition) is 0. The topological polar surface area (TPSA) is 4.93 Å². The van der Waals surface area contributed by atoms with Crippen LogP contribution >= 0.6 is 0 Å². The van der Waals surface area contributed by atoms with Crippen molar-refractivity contribution < 1.29 is 0 Å². The first-order chi connectivity index (χ1) is 21.7. The number of rotatable bonds is 3. The van der Waals surface area contributed by atoms with Gasteiger partial charge in [0, 0.05) is 16.8 Å². The third-order valence-corrected chi connectivity index (χ3v) is 9.71. The highest BCUT2D eigenvalue weighted by Gasteiger charge is 2.22. The van der Waals surface area contributed by atoms with Crippen LogP contribution in [-0.4, -0.2) is 4.57 Å². The molecule has 0 atom stereocenters. The van der Waals surface area contributed by atoms with Gasteiger partial charge in [-0.05, 0) is 128 Å². The van der Waals surface area contributed by atoms with E-state index in [0.29, 0.717) is 0 Å². The van der Waals surface area contributed by atoms with Crippen LogP contribution in [0.1, 0.15) is 29.3 Å². The maximum Gasteiger partial charge on any atom is 0.0537 e. The Hall–Kier alpha value is -5.40. The van der Waals surface area contributed by atoms with Crippen LogP contribution < -0.4 is 0 Å². The molecule has 0 bridgehead atoms. The number of allylic oxidation sites excluding steroid dienone is 1. The maximum atomic E-state index is 2.42. The summed E-state index contributed by atoms with van der Waals surface area (Å²) in [4.78, 5) is 0. The van der Waals surface area contributed by atoms with Crippen molar-refractivity contribution >= 4 is 49.3 Å². The Balaban J connectivity index is 1.21. The van der Waals surface area contributed by atoms with Crippen LogP contribution in [0.25, 0.3) is 77.2 Å². The molecular formula is C43H31N. The third kappa shape index (κ3) is 3.59. The minimum Gasteiger partial charge on any atom is -0.310 e. The number of aryl methyl sites for hydroxylation is 1. The lowest BCUT2D eigenvalue weighted by molar-refractivity contribution is 1.09. The second kappa shape index (κ2) is 9.56. The molecule has 1 heteroatoms. The van der Waals surface area contributed by atoms with E-state index in [1.807, 2.05) is 0 Å². The van der Waals surface area contributed by atoms with Gasteiger partial charge in [-0.25, -0.2) is 0 Å². The predicted octanol–water partition coefficient (Wildman–Crippen LogP) is 11.7. The van der Waals surface area contributed by atoms with Gasteiger partial charge in [0.05, 0.1) is 5.52 Å². The molecule has 0 amide bonds. The molecule has 1 aliphatic carbocycles. The lowest BCUT2D eigenvalue weighted by Gasteiger charge is -2.13. The molecule has 208 valence electrons. The number of hydrogen-bond acceptors (Lipinski definition) is 0. The Morgan fingerprint density at radius 2 is 1.07 bits per heavy atom. The molecule has 0 saturated carbocycles. The molecule has 44 heavy (non-hydrogen) atoms. The molecule has 0 unspecified atom stereocenters. The zero-order chi connectivity index (χ0) is 29.4. The number of benzene rings is 7. The van der Waals surface area contributed by atoms with Crippen LogP contribution in [0.4, 0.5) is 0 Å². The summed E-state index contributed by atoms with van der Waals surface area (Å²) in [6, 6.07) is 47.5. The number of nitrogens with zero attached hydrogens (tertiary/aromatic N) is 1. The summed E-state index contributed by atoms with van der Waals surface area (Å²) in [6.07, 6.45) is 5.36. The monoisotopic (exact) mass is 561 g/mol. The molecule has 1 heterocycles. The van der Waals surface area contributed by atoms with Gasteiger partial charge in [0.15, 0.2) is 0 Å². The molecule has 0 radical (unpaired) electrons. The Bertz CT molecular complexity index is 2450.